The second-order valence-electron chi connectivity index (χ2n) is 7.49. The fraction of sp³-hybridized carbons (Fsp3) is 0.200. The van der Waals surface area contributed by atoms with Crippen LogP contribution in [0.15, 0.2) is 72.9 Å². The second kappa shape index (κ2) is 13.7. The molecule has 0 bridgehead atoms. The molecule has 184 valence electrons. The van der Waals surface area contributed by atoms with Crippen molar-refractivity contribution in [3.63, 3.8) is 0 Å². The third-order valence-electron chi connectivity index (χ3n) is 5.11. The van der Waals surface area contributed by atoms with Gasteiger partial charge in [-0.05, 0) is 23.8 Å². The highest BCUT2D eigenvalue weighted by Gasteiger charge is 2.22. The smallest absolute Gasteiger partial charge is 0.243 e. The first kappa shape index (κ1) is 27.3. The van der Waals surface area contributed by atoms with Crippen LogP contribution in [0.4, 0.5) is 0 Å². The van der Waals surface area contributed by atoms with Crippen molar-refractivity contribution in [3.8, 4) is 5.75 Å². The summed E-state index contributed by atoms with van der Waals surface area (Å²) in [5, 5.41) is 16.1. The molecule has 0 aliphatic carbocycles. The molecule has 1 aromatic heterocycles. The number of ether oxygens (including phenoxy) is 1. The van der Waals surface area contributed by atoms with Gasteiger partial charge in [-0.3, -0.25) is 25.3 Å². The van der Waals surface area contributed by atoms with Crippen molar-refractivity contribution in [2.24, 2.45) is 5.73 Å². The normalized spacial score (nSPS) is 11.0. The Bertz CT molecular complexity index is 1130. The number of amidine groups is 1. The van der Waals surface area contributed by atoms with Crippen molar-refractivity contribution in [2.75, 3.05) is 13.7 Å². The lowest BCUT2D eigenvalue weighted by Crippen LogP contribution is -2.42. The van der Waals surface area contributed by atoms with Gasteiger partial charge in [0.2, 0.25) is 11.8 Å². The molecule has 1 atom stereocenters. The molecule has 3 rings (SSSR count). The summed E-state index contributed by atoms with van der Waals surface area (Å²) in [7, 11) is 1.57. The highest BCUT2D eigenvalue weighted by molar-refractivity contribution is 5.94. The molecule has 1 unspecified atom stereocenters. The summed E-state index contributed by atoms with van der Waals surface area (Å²) < 4.78 is 5.28. The molecule has 35 heavy (non-hydrogen) atoms. The monoisotopic (exact) mass is 496 g/mol. The van der Waals surface area contributed by atoms with Crippen molar-refractivity contribution < 1.29 is 14.3 Å². The molecular weight excluding hydrogens is 468 g/mol. The maximum atomic E-state index is 12.9. The van der Waals surface area contributed by atoms with E-state index in [2.05, 4.69) is 20.9 Å². The van der Waals surface area contributed by atoms with Gasteiger partial charge in [0.25, 0.3) is 0 Å². The van der Waals surface area contributed by atoms with E-state index in [1.807, 2.05) is 36.4 Å². The molecule has 2 amide bonds. The Labute approximate surface area is 210 Å². The number of amides is 2. The average Bonchev–Trinajstić information content (AvgIpc) is 2.87. The number of para-hydroxylation sites is 1. The molecule has 9 nitrogen and oxygen atoms in total. The minimum absolute atomic E-state index is 0. The Kier molecular flexibility index (Phi) is 10.7. The van der Waals surface area contributed by atoms with Crippen LogP contribution >= 0.6 is 12.4 Å². The van der Waals surface area contributed by atoms with E-state index in [1.165, 1.54) is 0 Å². The number of methoxy groups -OCH3 is 1. The number of nitrogens with one attached hydrogen (secondary N) is 4. The highest BCUT2D eigenvalue weighted by Crippen LogP contribution is 2.16. The Morgan fingerprint density at radius 1 is 1.00 bits per heavy atom. The molecule has 0 fully saturated rings. The third-order valence-corrected chi connectivity index (χ3v) is 5.11. The third kappa shape index (κ3) is 8.09. The summed E-state index contributed by atoms with van der Waals surface area (Å²) >= 11 is 0. The summed E-state index contributed by atoms with van der Waals surface area (Å²) in [5.41, 5.74) is 8.41. The SMILES string of the molecule is COc1ccccc1CNC(=O)CNC(=O)C(NCc1ccc(C(=N)N)cc1)c1ccccn1.Cl. The Morgan fingerprint density at radius 2 is 1.71 bits per heavy atom. The summed E-state index contributed by atoms with van der Waals surface area (Å²) in [6, 6.07) is 19.1. The molecule has 3 aromatic rings. The number of aromatic nitrogens is 1. The van der Waals surface area contributed by atoms with Gasteiger partial charge < -0.3 is 21.1 Å². The summed E-state index contributed by atoms with van der Waals surface area (Å²) in [4.78, 5) is 29.5. The van der Waals surface area contributed by atoms with Gasteiger partial charge in [-0.25, -0.2) is 0 Å². The molecular formula is C25H29ClN6O3. The number of hydrogen-bond acceptors (Lipinski definition) is 6. The van der Waals surface area contributed by atoms with Crippen molar-refractivity contribution >= 4 is 30.1 Å². The minimum Gasteiger partial charge on any atom is -0.496 e. The van der Waals surface area contributed by atoms with Crippen LogP contribution in [0.3, 0.4) is 0 Å². The molecule has 10 heteroatoms. The topological polar surface area (TPSA) is 142 Å². The van der Waals surface area contributed by atoms with Crippen molar-refractivity contribution in [1.29, 1.82) is 5.41 Å². The van der Waals surface area contributed by atoms with E-state index in [0.29, 0.717) is 23.6 Å². The molecule has 0 spiro atoms. The predicted molar refractivity (Wildman–Crippen MR) is 136 cm³/mol. The van der Waals surface area contributed by atoms with Crippen molar-refractivity contribution in [3.05, 3.63) is 95.3 Å². The first-order valence-corrected chi connectivity index (χ1v) is 10.7. The number of nitrogens with zero attached hydrogens (tertiary/aromatic N) is 1. The van der Waals surface area contributed by atoms with E-state index in [4.69, 9.17) is 15.9 Å². The lowest BCUT2D eigenvalue weighted by molar-refractivity contribution is -0.127. The Balaban J connectivity index is 0.00000432. The van der Waals surface area contributed by atoms with Crippen LogP contribution in [0, 0.1) is 5.41 Å². The van der Waals surface area contributed by atoms with Gasteiger partial charge in [0.1, 0.15) is 17.6 Å². The molecule has 0 radical (unpaired) electrons. The van der Waals surface area contributed by atoms with Gasteiger partial charge in [0, 0.05) is 30.4 Å². The largest absolute Gasteiger partial charge is 0.496 e. The number of rotatable bonds is 11. The maximum absolute atomic E-state index is 12.9. The van der Waals surface area contributed by atoms with Crippen LogP contribution < -0.4 is 26.4 Å². The number of nitrogens with two attached hydrogens (primary N) is 1. The number of carbonyl (C=O) groups excluding carboxylic acids is 2. The van der Waals surface area contributed by atoms with E-state index in [1.54, 1.807) is 43.6 Å². The molecule has 0 saturated heterocycles. The minimum atomic E-state index is -0.754. The van der Waals surface area contributed by atoms with E-state index in [0.717, 1.165) is 11.1 Å². The number of hydrogen-bond donors (Lipinski definition) is 5. The lowest BCUT2D eigenvalue weighted by Gasteiger charge is -2.18. The van der Waals surface area contributed by atoms with Gasteiger partial charge >= 0.3 is 0 Å². The zero-order valence-corrected chi connectivity index (χ0v) is 20.1. The number of nitrogen functional groups attached to an aromatic ring is 1. The summed E-state index contributed by atoms with van der Waals surface area (Å²) in [5.74, 6) is -0.0119. The zero-order valence-electron chi connectivity index (χ0n) is 19.3. The molecule has 0 saturated carbocycles. The average molecular weight is 497 g/mol. The fourth-order valence-corrected chi connectivity index (χ4v) is 3.28. The van der Waals surface area contributed by atoms with Crippen LogP contribution in [-0.4, -0.2) is 36.3 Å². The Morgan fingerprint density at radius 3 is 2.37 bits per heavy atom. The van der Waals surface area contributed by atoms with Gasteiger partial charge in [0.05, 0.1) is 19.3 Å². The highest BCUT2D eigenvalue weighted by atomic mass is 35.5. The van der Waals surface area contributed by atoms with Crippen LogP contribution in [0.25, 0.3) is 0 Å². The molecule has 0 aliphatic heterocycles. The van der Waals surface area contributed by atoms with E-state index >= 15 is 0 Å². The molecule has 2 aromatic carbocycles. The van der Waals surface area contributed by atoms with Gasteiger partial charge in [-0.1, -0.05) is 48.5 Å². The Hall–Kier alpha value is -3.95. The van der Waals surface area contributed by atoms with Crippen molar-refractivity contribution in [2.45, 2.75) is 19.1 Å². The van der Waals surface area contributed by atoms with Crippen LogP contribution in [0.5, 0.6) is 5.75 Å². The quantitative estimate of drug-likeness (QED) is 0.203. The lowest BCUT2D eigenvalue weighted by atomic mass is 10.1. The van der Waals surface area contributed by atoms with Gasteiger partial charge in [-0.2, -0.15) is 0 Å². The number of benzene rings is 2. The standard InChI is InChI=1S/C25H28N6O3.ClH/c1-34-21-8-3-2-6-19(21)15-29-22(32)16-31-25(33)23(20-7-4-5-13-28-20)30-14-17-9-11-18(12-10-17)24(26)27;/h2-13,23,30H,14-16H2,1H3,(H3,26,27)(H,29,32)(H,31,33);1H. The van der Waals surface area contributed by atoms with Crippen LogP contribution in [0.2, 0.25) is 0 Å². The van der Waals surface area contributed by atoms with Crippen molar-refractivity contribution in [1.82, 2.24) is 20.9 Å². The number of halogens is 1. The molecule has 0 aliphatic rings. The first-order chi connectivity index (χ1) is 16.5. The van der Waals surface area contributed by atoms with E-state index < -0.39 is 6.04 Å². The van der Waals surface area contributed by atoms with Crippen LogP contribution in [-0.2, 0) is 22.7 Å². The van der Waals surface area contributed by atoms with E-state index in [9.17, 15) is 9.59 Å². The molecule has 1 heterocycles. The first-order valence-electron chi connectivity index (χ1n) is 10.7. The van der Waals surface area contributed by atoms with Gasteiger partial charge in [0.15, 0.2) is 0 Å². The predicted octanol–water partition coefficient (Wildman–Crippen LogP) is 2.06. The second-order valence-corrected chi connectivity index (χ2v) is 7.49. The zero-order chi connectivity index (χ0) is 24.3. The number of carbonyl (C=O) groups is 2. The summed E-state index contributed by atoms with van der Waals surface area (Å²) in [6.45, 7) is 0.496. The number of pyridine rings is 1. The molecule has 6 N–H and O–H groups in total. The van der Waals surface area contributed by atoms with Gasteiger partial charge in [-0.15, -0.1) is 12.4 Å². The fourth-order valence-electron chi connectivity index (χ4n) is 3.28. The van der Waals surface area contributed by atoms with Crippen LogP contribution in [0.1, 0.15) is 28.4 Å². The maximum Gasteiger partial charge on any atom is 0.243 e. The van der Waals surface area contributed by atoms with E-state index in [-0.39, 0.29) is 43.1 Å². The summed E-state index contributed by atoms with van der Waals surface area (Å²) in [6.07, 6.45) is 1.61.